The Morgan fingerprint density at radius 2 is 1.15 bits per heavy atom. The summed E-state index contributed by atoms with van der Waals surface area (Å²) in [5.74, 6) is -0.385. The number of aliphatic carboxylic acids is 1. The normalized spacial score (nSPS) is 10.6. The number of halogens is 1. The summed E-state index contributed by atoms with van der Waals surface area (Å²) in [6.07, 6.45) is 1.97. The lowest BCUT2D eigenvalue weighted by Gasteiger charge is -2.13. The van der Waals surface area contributed by atoms with E-state index in [-0.39, 0.29) is 6.42 Å². The van der Waals surface area contributed by atoms with E-state index >= 15 is 0 Å². The van der Waals surface area contributed by atoms with Crippen LogP contribution in [0.5, 0.6) is 5.75 Å². The van der Waals surface area contributed by atoms with Gasteiger partial charge >= 0.3 is 5.97 Å². The number of benzene rings is 5. The van der Waals surface area contributed by atoms with Crippen LogP contribution in [0.25, 0.3) is 27.8 Å². The lowest BCUT2D eigenvalue weighted by atomic mass is 9.94. The van der Waals surface area contributed by atoms with Crippen molar-refractivity contribution in [3.05, 3.63) is 155 Å². The first kappa shape index (κ1) is 26.0. The average molecular weight is 531 g/mol. The number of carboxylic acid groups (broad SMARTS) is 1. The van der Waals surface area contributed by atoms with Crippen molar-refractivity contribution < 1.29 is 14.6 Å². The second-order valence-electron chi connectivity index (χ2n) is 9.15. The largest absolute Gasteiger partial charge is 0.488 e. The van der Waals surface area contributed by atoms with Crippen LogP contribution in [0.4, 0.5) is 0 Å². The molecular formula is C35H27ClO3. The van der Waals surface area contributed by atoms with Crippen LogP contribution < -0.4 is 4.74 Å². The highest BCUT2D eigenvalue weighted by molar-refractivity contribution is 6.32. The first-order valence-electron chi connectivity index (χ1n) is 12.7. The summed E-state index contributed by atoms with van der Waals surface area (Å²) in [5, 5.41) is 9.42. The molecule has 0 amide bonds. The minimum absolute atomic E-state index is 0.0813. The lowest BCUT2D eigenvalue weighted by Crippen LogP contribution is -2.01. The van der Waals surface area contributed by atoms with Gasteiger partial charge in [0.05, 0.1) is 11.4 Å². The Balaban J connectivity index is 1.42. The van der Waals surface area contributed by atoms with E-state index in [1.165, 1.54) is 11.1 Å². The van der Waals surface area contributed by atoms with Crippen molar-refractivity contribution in [1.29, 1.82) is 0 Å². The molecule has 5 aromatic rings. The Morgan fingerprint density at radius 1 is 0.667 bits per heavy atom. The summed E-state index contributed by atoms with van der Waals surface area (Å²) in [5.41, 5.74) is 8.49. The third kappa shape index (κ3) is 6.64. The van der Waals surface area contributed by atoms with Crippen LogP contribution in [-0.4, -0.2) is 17.7 Å². The zero-order chi connectivity index (χ0) is 27.0. The smallest absolute Gasteiger partial charge is 0.307 e. The summed E-state index contributed by atoms with van der Waals surface area (Å²) in [4.78, 5) is 11.0. The highest BCUT2D eigenvalue weighted by Gasteiger charge is 2.09. The molecule has 3 nitrogen and oxygen atoms in total. The molecule has 5 rings (SSSR count). The van der Waals surface area contributed by atoms with Crippen molar-refractivity contribution in [3.8, 4) is 28.0 Å². The number of rotatable bonds is 9. The molecule has 0 spiro atoms. The number of hydrogen-bond acceptors (Lipinski definition) is 2. The molecular weight excluding hydrogens is 504 g/mol. The lowest BCUT2D eigenvalue weighted by molar-refractivity contribution is -0.136. The Bertz CT molecular complexity index is 1490. The fourth-order valence-corrected chi connectivity index (χ4v) is 4.77. The van der Waals surface area contributed by atoms with Gasteiger partial charge in [-0.1, -0.05) is 127 Å². The molecule has 4 heteroatoms. The molecule has 39 heavy (non-hydrogen) atoms. The number of carboxylic acids is 1. The monoisotopic (exact) mass is 530 g/mol. The Labute approximate surface area is 233 Å². The minimum Gasteiger partial charge on any atom is -0.488 e. The zero-order valence-corrected chi connectivity index (χ0v) is 22.0. The van der Waals surface area contributed by atoms with E-state index < -0.39 is 5.97 Å². The molecule has 0 saturated heterocycles. The van der Waals surface area contributed by atoms with Gasteiger partial charge in [-0.25, -0.2) is 0 Å². The first-order valence-corrected chi connectivity index (χ1v) is 13.1. The van der Waals surface area contributed by atoms with Gasteiger partial charge in [-0.2, -0.15) is 0 Å². The van der Waals surface area contributed by atoms with Gasteiger partial charge in [-0.15, -0.1) is 0 Å². The second-order valence-corrected chi connectivity index (χ2v) is 9.56. The predicted octanol–water partition coefficient (Wildman–Crippen LogP) is 8.81. The van der Waals surface area contributed by atoms with Gasteiger partial charge in [-0.3, -0.25) is 4.79 Å². The molecule has 0 radical (unpaired) electrons. The van der Waals surface area contributed by atoms with E-state index in [9.17, 15) is 4.79 Å². The molecule has 0 unspecified atom stereocenters. The third-order valence-electron chi connectivity index (χ3n) is 6.48. The Morgan fingerprint density at radius 3 is 1.62 bits per heavy atom. The summed E-state index contributed by atoms with van der Waals surface area (Å²) in [6, 6.07) is 42.8. The SMILES string of the molecule is O=C(O)Cc1ccc(OCC=C(c2ccc(-c3ccccc3)cc2)c2ccc(-c3ccccc3)cc2)c(Cl)c1. The van der Waals surface area contributed by atoms with Crippen molar-refractivity contribution in [2.24, 2.45) is 0 Å². The van der Waals surface area contributed by atoms with E-state index in [2.05, 4.69) is 78.9 Å². The molecule has 0 heterocycles. The predicted molar refractivity (Wildman–Crippen MR) is 159 cm³/mol. The minimum atomic E-state index is -0.899. The summed E-state index contributed by atoms with van der Waals surface area (Å²) < 4.78 is 6.00. The maximum atomic E-state index is 11.0. The maximum absolute atomic E-state index is 11.0. The van der Waals surface area contributed by atoms with Gasteiger partial charge in [0.15, 0.2) is 0 Å². The summed E-state index contributed by atoms with van der Waals surface area (Å²) in [7, 11) is 0. The number of hydrogen-bond donors (Lipinski definition) is 1. The van der Waals surface area contributed by atoms with Crippen LogP contribution in [-0.2, 0) is 11.2 Å². The van der Waals surface area contributed by atoms with E-state index in [1.54, 1.807) is 18.2 Å². The number of ether oxygens (including phenoxy) is 1. The maximum Gasteiger partial charge on any atom is 0.307 e. The second kappa shape index (κ2) is 12.3. The van der Waals surface area contributed by atoms with Gasteiger partial charge in [0.2, 0.25) is 0 Å². The molecule has 192 valence electrons. The van der Waals surface area contributed by atoms with Crippen LogP contribution >= 0.6 is 11.6 Å². The van der Waals surface area contributed by atoms with Crippen LogP contribution in [0, 0.1) is 0 Å². The molecule has 0 aliphatic heterocycles. The molecule has 0 fully saturated rings. The van der Waals surface area contributed by atoms with Gasteiger partial charge in [-0.05, 0) is 62.7 Å². The van der Waals surface area contributed by atoms with E-state index in [0.717, 1.165) is 27.8 Å². The van der Waals surface area contributed by atoms with Gasteiger partial charge < -0.3 is 9.84 Å². The Kier molecular flexibility index (Phi) is 8.20. The highest BCUT2D eigenvalue weighted by atomic mass is 35.5. The Hall–Kier alpha value is -4.60. The molecule has 0 aliphatic rings. The summed E-state index contributed by atoms with van der Waals surface area (Å²) >= 11 is 6.37. The molecule has 0 bridgehead atoms. The van der Waals surface area contributed by atoms with E-state index in [1.807, 2.05) is 36.4 Å². The molecule has 0 aliphatic carbocycles. The van der Waals surface area contributed by atoms with Crippen molar-refractivity contribution in [2.45, 2.75) is 6.42 Å². The van der Waals surface area contributed by atoms with Crippen molar-refractivity contribution in [1.82, 2.24) is 0 Å². The molecule has 1 N–H and O–H groups in total. The van der Waals surface area contributed by atoms with Crippen LogP contribution in [0.2, 0.25) is 5.02 Å². The van der Waals surface area contributed by atoms with Gasteiger partial charge in [0.25, 0.3) is 0 Å². The average Bonchev–Trinajstić information content (AvgIpc) is 2.97. The summed E-state index contributed by atoms with van der Waals surface area (Å²) in [6.45, 7) is 0.300. The van der Waals surface area contributed by atoms with Crippen molar-refractivity contribution in [3.63, 3.8) is 0 Å². The number of carbonyl (C=O) groups is 1. The van der Waals surface area contributed by atoms with E-state index in [0.29, 0.717) is 22.9 Å². The van der Waals surface area contributed by atoms with Gasteiger partial charge in [0.1, 0.15) is 12.4 Å². The molecule has 0 aromatic heterocycles. The fraction of sp³-hybridized carbons (Fsp3) is 0.0571. The standard InChI is InChI=1S/C35H27ClO3/c36-33-23-25(24-35(37)38)11-20-34(33)39-22-21-32(30-16-12-28(13-17-30)26-7-3-1-4-8-26)31-18-14-29(15-19-31)27-9-5-2-6-10-27/h1-21,23H,22,24H2,(H,37,38). The highest BCUT2D eigenvalue weighted by Crippen LogP contribution is 2.30. The fourth-order valence-electron chi connectivity index (χ4n) is 4.51. The van der Waals surface area contributed by atoms with Crippen LogP contribution in [0.15, 0.2) is 133 Å². The zero-order valence-electron chi connectivity index (χ0n) is 21.3. The molecule has 0 atom stereocenters. The third-order valence-corrected chi connectivity index (χ3v) is 6.78. The molecule has 5 aromatic carbocycles. The van der Waals surface area contributed by atoms with Gasteiger partial charge in [0, 0.05) is 0 Å². The van der Waals surface area contributed by atoms with Crippen molar-refractivity contribution in [2.75, 3.05) is 6.61 Å². The van der Waals surface area contributed by atoms with Crippen molar-refractivity contribution >= 4 is 23.1 Å². The first-order chi connectivity index (χ1) is 19.1. The topological polar surface area (TPSA) is 46.5 Å². The quantitative estimate of drug-likeness (QED) is 0.207. The van der Waals surface area contributed by atoms with Crippen LogP contribution in [0.1, 0.15) is 16.7 Å². The van der Waals surface area contributed by atoms with E-state index in [4.69, 9.17) is 21.4 Å². The van der Waals surface area contributed by atoms with Crippen LogP contribution in [0.3, 0.4) is 0 Å². The molecule has 0 saturated carbocycles.